The number of carbonyl (C=O) groups excluding carboxylic acids is 1. The number of aromatic hydroxyl groups is 2. The summed E-state index contributed by atoms with van der Waals surface area (Å²) in [4.78, 5) is 11.4. The second kappa shape index (κ2) is 5.94. The molecule has 0 aliphatic heterocycles. The fourth-order valence-corrected chi connectivity index (χ4v) is 1.22. The molecule has 0 saturated heterocycles. The Labute approximate surface area is 100 Å². The standard InChI is InChI=1S/C13H16O4/c1-9(2)5-6-17-13(16)8-10-7-11(14)3-4-12(10)15/h3-5,7,14-15H,6,8H2,1-2H3. The summed E-state index contributed by atoms with van der Waals surface area (Å²) in [5.41, 5.74) is 1.42. The number of ether oxygens (including phenoxy) is 1. The van der Waals surface area contributed by atoms with Gasteiger partial charge in [-0.25, -0.2) is 0 Å². The highest BCUT2D eigenvalue weighted by atomic mass is 16.5. The molecule has 4 heteroatoms. The lowest BCUT2D eigenvalue weighted by Crippen LogP contribution is -2.08. The predicted octanol–water partition coefficient (Wildman–Crippen LogP) is 2.15. The Hall–Kier alpha value is -1.97. The van der Waals surface area contributed by atoms with Crippen molar-refractivity contribution in [3.63, 3.8) is 0 Å². The Bertz CT molecular complexity index is 431. The molecule has 0 aliphatic carbocycles. The number of phenols is 2. The van der Waals surface area contributed by atoms with Gasteiger partial charge in [0, 0.05) is 5.56 Å². The smallest absolute Gasteiger partial charge is 0.310 e. The van der Waals surface area contributed by atoms with Gasteiger partial charge in [0.1, 0.15) is 18.1 Å². The number of benzene rings is 1. The van der Waals surface area contributed by atoms with Gasteiger partial charge in [-0.15, -0.1) is 0 Å². The fraction of sp³-hybridized carbons (Fsp3) is 0.308. The van der Waals surface area contributed by atoms with E-state index in [0.29, 0.717) is 5.56 Å². The number of esters is 1. The highest BCUT2D eigenvalue weighted by Gasteiger charge is 2.09. The Kier molecular flexibility index (Phi) is 4.57. The first kappa shape index (κ1) is 13.1. The zero-order valence-corrected chi connectivity index (χ0v) is 9.93. The molecular weight excluding hydrogens is 220 g/mol. The van der Waals surface area contributed by atoms with Crippen molar-refractivity contribution in [3.8, 4) is 11.5 Å². The number of allylic oxidation sites excluding steroid dienone is 1. The van der Waals surface area contributed by atoms with E-state index < -0.39 is 5.97 Å². The van der Waals surface area contributed by atoms with E-state index >= 15 is 0 Å². The van der Waals surface area contributed by atoms with Crippen LogP contribution in [0.5, 0.6) is 11.5 Å². The molecule has 0 spiro atoms. The minimum Gasteiger partial charge on any atom is -0.508 e. The summed E-state index contributed by atoms with van der Waals surface area (Å²) in [5.74, 6) is -0.458. The van der Waals surface area contributed by atoms with Gasteiger partial charge in [-0.05, 0) is 38.1 Å². The summed E-state index contributed by atoms with van der Waals surface area (Å²) in [5, 5.41) is 18.7. The van der Waals surface area contributed by atoms with Crippen molar-refractivity contribution in [1.82, 2.24) is 0 Å². The van der Waals surface area contributed by atoms with E-state index in [4.69, 9.17) is 4.74 Å². The van der Waals surface area contributed by atoms with Crippen LogP contribution >= 0.6 is 0 Å². The van der Waals surface area contributed by atoms with Gasteiger partial charge in [0.05, 0.1) is 6.42 Å². The summed E-state index contributed by atoms with van der Waals surface area (Å²) < 4.78 is 4.94. The van der Waals surface area contributed by atoms with Crippen molar-refractivity contribution in [3.05, 3.63) is 35.4 Å². The molecule has 0 unspecified atom stereocenters. The SMILES string of the molecule is CC(C)=CCOC(=O)Cc1cc(O)ccc1O. The fourth-order valence-electron chi connectivity index (χ4n) is 1.22. The van der Waals surface area contributed by atoms with Crippen LogP contribution in [0.4, 0.5) is 0 Å². The van der Waals surface area contributed by atoms with Gasteiger partial charge in [0.25, 0.3) is 0 Å². The highest BCUT2D eigenvalue weighted by Crippen LogP contribution is 2.22. The maximum Gasteiger partial charge on any atom is 0.310 e. The Morgan fingerprint density at radius 3 is 2.71 bits per heavy atom. The largest absolute Gasteiger partial charge is 0.508 e. The molecule has 0 fully saturated rings. The molecule has 4 nitrogen and oxygen atoms in total. The zero-order valence-electron chi connectivity index (χ0n) is 9.93. The molecule has 92 valence electrons. The maximum atomic E-state index is 11.4. The van der Waals surface area contributed by atoms with E-state index in [1.54, 1.807) is 6.08 Å². The van der Waals surface area contributed by atoms with Crippen LogP contribution < -0.4 is 0 Å². The second-order valence-corrected chi connectivity index (χ2v) is 3.95. The summed E-state index contributed by atoms with van der Waals surface area (Å²) in [6, 6.07) is 4.04. The molecule has 0 aromatic heterocycles. The molecule has 0 bridgehead atoms. The normalized spacial score (nSPS) is 9.76. The molecule has 0 heterocycles. The quantitative estimate of drug-likeness (QED) is 0.477. The Morgan fingerprint density at radius 1 is 1.35 bits per heavy atom. The number of hydrogen-bond acceptors (Lipinski definition) is 4. The lowest BCUT2D eigenvalue weighted by Gasteiger charge is -2.05. The van der Waals surface area contributed by atoms with Crippen LogP contribution in [0.15, 0.2) is 29.8 Å². The summed E-state index contributed by atoms with van der Waals surface area (Å²) in [6.45, 7) is 4.05. The van der Waals surface area contributed by atoms with Crippen molar-refractivity contribution < 1.29 is 19.7 Å². The van der Waals surface area contributed by atoms with Crippen LogP contribution in [0.2, 0.25) is 0 Å². The molecule has 0 aliphatic rings. The monoisotopic (exact) mass is 236 g/mol. The van der Waals surface area contributed by atoms with E-state index in [1.807, 2.05) is 13.8 Å². The van der Waals surface area contributed by atoms with Crippen LogP contribution in [0.3, 0.4) is 0 Å². The third kappa shape index (κ3) is 4.59. The zero-order chi connectivity index (χ0) is 12.8. The minimum atomic E-state index is -0.441. The maximum absolute atomic E-state index is 11.4. The minimum absolute atomic E-state index is 0.00917. The molecule has 0 atom stereocenters. The van der Waals surface area contributed by atoms with Crippen LogP contribution in [-0.2, 0) is 16.0 Å². The Morgan fingerprint density at radius 2 is 2.06 bits per heavy atom. The topological polar surface area (TPSA) is 66.8 Å². The van der Waals surface area contributed by atoms with E-state index in [2.05, 4.69) is 0 Å². The van der Waals surface area contributed by atoms with E-state index in [0.717, 1.165) is 5.57 Å². The van der Waals surface area contributed by atoms with Crippen molar-refractivity contribution in [2.75, 3.05) is 6.61 Å². The Balaban J connectivity index is 2.56. The molecule has 0 amide bonds. The third-order valence-corrected chi connectivity index (χ3v) is 2.13. The second-order valence-electron chi connectivity index (χ2n) is 3.95. The summed E-state index contributed by atoms with van der Waals surface area (Å²) in [6.07, 6.45) is 1.73. The average molecular weight is 236 g/mol. The molecule has 0 radical (unpaired) electrons. The van der Waals surface area contributed by atoms with E-state index in [-0.39, 0.29) is 24.5 Å². The molecule has 17 heavy (non-hydrogen) atoms. The molecule has 1 aromatic rings. The number of phenolic OH excluding ortho intramolecular Hbond substituents is 2. The predicted molar refractivity (Wildman–Crippen MR) is 63.9 cm³/mol. The van der Waals surface area contributed by atoms with Crippen LogP contribution in [0.1, 0.15) is 19.4 Å². The van der Waals surface area contributed by atoms with Gasteiger partial charge >= 0.3 is 5.97 Å². The van der Waals surface area contributed by atoms with Crippen molar-refractivity contribution in [2.24, 2.45) is 0 Å². The molecule has 1 aromatic carbocycles. The van der Waals surface area contributed by atoms with Crippen molar-refractivity contribution in [2.45, 2.75) is 20.3 Å². The third-order valence-electron chi connectivity index (χ3n) is 2.13. The van der Waals surface area contributed by atoms with Gasteiger partial charge < -0.3 is 14.9 Å². The number of carbonyl (C=O) groups is 1. The first-order chi connectivity index (χ1) is 7.99. The van der Waals surface area contributed by atoms with Crippen molar-refractivity contribution >= 4 is 5.97 Å². The summed E-state index contributed by atoms with van der Waals surface area (Å²) >= 11 is 0. The lowest BCUT2D eigenvalue weighted by molar-refractivity contribution is -0.141. The van der Waals surface area contributed by atoms with Gasteiger partial charge in [-0.3, -0.25) is 4.79 Å². The summed E-state index contributed by atoms with van der Waals surface area (Å²) in [7, 11) is 0. The van der Waals surface area contributed by atoms with Crippen LogP contribution in [0.25, 0.3) is 0 Å². The molecule has 2 N–H and O–H groups in total. The van der Waals surface area contributed by atoms with Crippen LogP contribution in [0, 0.1) is 0 Å². The number of rotatable bonds is 4. The highest BCUT2D eigenvalue weighted by molar-refractivity contribution is 5.73. The van der Waals surface area contributed by atoms with E-state index in [9.17, 15) is 15.0 Å². The van der Waals surface area contributed by atoms with Gasteiger partial charge in [0.2, 0.25) is 0 Å². The van der Waals surface area contributed by atoms with Gasteiger partial charge in [-0.2, -0.15) is 0 Å². The first-order valence-electron chi connectivity index (χ1n) is 5.29. The number of hydrogen-bond donors (Lipinski definition) is 2. The first-order valence-corrected chi connectivity index (χ1v) is 5.29. The average Bonchev–Trinajstić information content (AvgIpc) is 2.23. The molecule has 0 saturated carbocycles. The molecular formula is C13H16O4. The van der Waals surface area contributed by atoms with Crippen molar-refractivity contribution in [1.29, 1.82) is 0 Å². The van der Waals surface area contributed by atoms with Gasteiger partial charge in [0.15, 0.2) is 0 Å². The molecule has 1 rings (SSSR count). The lowest BCUT2D eigenvalue weighted by atomic mass is 10.1. The van der Waals surface area contributed by atoms with Gasteiger partial charge in [-0.1, -0.05) is 5.57 Å². The van der Waals surface area contributed by atoms with Crippen LogP contribution in [-0.4, -0.2) is 22.8 Å². The van der Waals surface area contributed by atoms with E-state index in [1.165, 1.54) is 18.2 Å².